The molecule has 10 heteroatoms. The monoisotopic (exact) mass is 744 g/mol. The van der Waals surface area contributed by atoms with Gasteiger partial charge in [-0.15, -0.1) is 0 Å². The molecule has 6 fully saturated rings. The third kappa shape index (κ3) is 4.91. The van der Waals surface area contributed by atoms with Gasteiger partial charge in [0.05, 0.1) is 0 Å². The van der Waals surface area contributed by atoms with E-state index in [0.717, 1.165) is 36.8 Å². The fraction of sp³-hybridized carbons (Fsp3) is 0.682. The molecular weight excluding hydrogens is 688 g/mol. The lowest BCUT2D eigenvalue weighted by atomic mass is 9.46. The Balaban J connectivity index is 0.000000167. The fourth-order valence-corrected chi connectivity index (χ4v) is 14.2. The highest BCUT2D eigenvalue weighted by Crippen LogP contribution is 2.69. The number of hydrogen-bond acceptors (Lipinski definition) is 10. The van der Waals surface area contributed by atoms with Gasteiger partial charge in [-0.05, 0) is 98.3 Å². The van der Waals surface area contributed by atoms with Crippen LogP contribution < -0.4 is 0 Å². The molecular formula is C44H56O10. The van der Waals surface area contributed by atoms with Crippen molar-refractivity contribution >= 4 is 34.7 Å². The van der Waals surface area contributed by atoms with Gasteiger partial charge in [0.25, 0.3) is 0 Å². The summed E-state index contributed by atoms with van der Waals surface area (Å²) in [7, 11) is 0. The predicted octanol–water partition coefficient (Wildman–Crippen LogP) is 4.02. The number of carbonyl (C=O) groups excluding carboxylic acids is 6. The molecule has 0 unspecified atom stereocenters. The van der Waals surface area contributed by atoms with Crippen molar-refractivity contribution in [2.75, 3.05) is 13.2 Å². The first-order chi connectivity index (χ1) is 25.2. The lowest BCUT2D eigenvalue weighted by Gasteiger charge is -2.56. The number of Topliss-reactive ketones (excluding diaryl/α,β-unsaturated/α-hetero) is 4. The van der Waals surface area contributed by atoms with E-state index in [2.05, 4.69) is 0 Å². The van der Waals surface area contributed by atoms with Gasteiger partial charge in [-0.1, -0.05) is 64.8 Å². The minimum absolute atomic E-state index is 0.0218. The van der Waals surface area contributed by atoms with Crippen LogP contribution in [-0.2, 0) is 28.8 Å². The van der Waals surface area contributed by atoms with Crippen LogP contribution in [0.2, 0.25) is 0 Å². The summed E-state index contributed by atoms with van der Waals surface area (Å²) < 4.78 is 0. The number of ketones is 6. The van der Waals surface area contributed by atoms with Crippen molar-refractivity contribution in [1.82, 2.24) is 0 Å². The number of aliphatic hydroxyl groups is 4. The largest absolute Gasteiger partial charge is 0.388 e. The van der Waals surface area contributed by atoms with Gasteiger partial charge < -0.3 is 20.4 Å². The Morgan fingerprint density at radius 3 is 1.33 bits per heavy atom. The van der Waals surface area contributed by atoms with Crippen molar-refractivity contribution < 1.29 is 49.2 Å². The van der Waals surface area contributed by atoms with Gasteiger partial charge in [-0.3, -0.25) is 28.8 Å². The molecule has 54 heavy (non-hydrogen) atoms. The molecule has 0 aromatic rings. The second kappa shape index (κ2) is 12.7. The van der Waals surface area contributed by atoms with Crippen LogP contribution in [0, 0.1) is 69.0 Å². The maximum atomic E-state index is 13.4. The fourth-order valence-electron chi connectivity index (χ4n) is 14.2. The molecule has 4 N–H and O–H groups in total. The zero-order valence-corrected chi connectivity index (χ0v) is 32.4. The third-order valence-corrected chi connectivity index (χ3v) is 16.8. The van der Waals surface area contributed by atoms with E-state index in [1.165, 1.54) is 0 Å². The Morgan fingerprint density at radius 2 is 1.00 bits per heavy atom. The highest BCUT2D eigenvalue weighted by molar-refractivity contribution is 6.03. The molecule has 0 saturated heterocycles. The summed E-state index contributed by atoms with van der Waals surface area (Å²) in [5, 5.41) is 41.7. The van der Waals surface area contributed by atoms with E-state index >= 15 is 0 Å². The van der Waals surface area contributed by atoms with Gasteiger partial charge in [0.2, 0.25) is 0 Å². The first-order valence-electron chi connectivity index (χ1n) is 19.9. The molecule has 8 rings (SSSR count). The van der Waals surface area contributed by atoms with Crippen LogP contribution in [-0.4, -0.2) is 79.5 Å². The Morgan fingerprint density at radius 1 is 0.648 bits per heavy atom. The molecule has 10 nitrogen and oxygen atoms in total. The topological polar surface area (TPSA) is 183 Å². The second-order valence-electron chi connectivity index (χ2n) is 19.0. The number of allylic oxidation sites excluding steroid dienone is 8. The van der Waals surface area contributed by atoms with E-state index in [1.54, 1.807) is 24.3 Å². The number of rotatable bonds is 4. The zero-order chi connectivity index (χ0) is 39.6. The van der Waals surface area contributed by atoms with E-state index in [-0.39, 0.29) is 83.3 Å². The summed E-state index contributed by atoms with van der Waals surface area (Å²) in [6.07, 6.45) is 15.0. The van der Waals surface area contributed by atoms with Crippen molar-refractivity contribution in [3.63, 3.8) is 0 Å². The van der Waals surface area contributed by atoms with Crippen LogP contribution in [0.4, 0.5) is 0 Å². The molecule has 8 aliphatic carbocycles. The summed E-state index contributed by atoms with van der Waals surface area (Å²) in [6.45, 7) is 10.1. The van der Waals surface area contributed by atoms with Crippen LogP contribution in [0.5, 0.6) is 0 Å². The minimum atomic E-state index is -1.66. The van der Waals surface area contributed by atoms with Gasteiger partial charge in [-0.25, -0.2) is 0 Å². The summed E-state index contributed by atoms with van der Waals surface area (Å²) in [6, 6.07) is 0. The van der Waals surface area contributed by atoms with E-state index < -0.39 is 57.6 Å². The van der Waals surface area contributed by atoms with Crippen molar-refractivity contribution in [1.29, 1.82) is 0 Å². The maximum absolute atomic E-state index is 13.4. The van der Waals surface area contributed by atoms with E-state index in [1.807, 2.05) is 53.7 Å². The molecule has 8 aliphatic rings. The zero-order valence-electron chi connectivity index (χ0n) is 32.4. The smallest absolute Gasteiger partial charge is 0.190 e. The average molecular weight is 745 g/mol. The van der Waals surface area contributed by atoms with Gasteiger partial charge in [0, 0.05) is 46.3 Å². The lowest BCUT2D eigenvalue weighted by molar-refractivity contribution is -0.174. The van der Waals surface area contributed by atoms with Crippen LogP contribution in [0.25, 0.3) is 0 Å². The molecule has 6 saturated carbocycles. The maximum Gasteiger partial charge on any atom is 0.190 e. The van der Waals surface area contributed by atoms with Crippen LogP contribution in [0.1, 0.15) is 92.9 Å². The van der Waals surface area contributed by atoms with E-state index in [4.69, 9.17) is 0 Å². The molecule has 0 aliphatic heterocycles. The molecule has 0 bridgehead atoms. The minimum Gasteiger partial charge on any atom is -0.388 e. The molecule has 0 spiro atoms. The van der Waals surface area contributed by atoms with E-state index in [9.17, 15) is 49.2 Å². The summed E-state index contributed by atoms with van der Waals surface area (Å²) in [5.74, 6) is -1.89. The first-order valence-corrected chi connectivity index (χ1v) is 19.9. The lowest BCUT2D eigenvalue weighted by Crippen LogP contribution is -2.61. The summed E-state index contributed by atoms with van der Waals surface area (Å²) in [5.41, 5.74) is -3.89. The standard InChI is InChI=1S/2C22H28O5/c2*1-12-8-16-15-5-4-13-9-14(24)6-7-20(13,2)19(15)17(25)10-21(16,3)22(12,27)18(26)11-23/h2*6-7,9,12,15-16,19,23,27H,4-5,8,10-11H2,1-3H3/t2*12-,15-,16-,19+,20-,21-,22-/m11/s1. The highest BCUT2D eigenvalue weighted by atomic mass is 16.3. The van der Waals surface area contributed by atoms with Crippen LogP contribution in [0.15, 0.2) is 47.6 Å². The molecule has 0 amide bonds. The number of hydrogen-bond donors (Lipinski definition) is 4. The van der Waals surface area contributed by atoms with Crippen molar-refractivity contribution in [3.8, 4) is 0 Å². The molecule has 0 aromatic carbocycles. The van der Waals surface area contributed by atoms with Crippen molar-refractivity contribution in [2.45, 2.75) is 104 Å². The Labute approximate surface area is 317 Å². The summed E-state index contributed by atoms with van der Waals surface area (Å²) in [4.78, 5) is 75.5. The Hall–Kier alpha value is -3.18. The number of fused-ring (bicyclic) bond motifs is 10. The molecule has 0 radical (unpaired) electrons. The Bertz CT molecular complexity index is 1720. The van der Waals surface area contributed by atoms with Crippen molar-refractivity contribution in [3.05, 3.63) is 47.6 Å². The predicted molar refractivity (Wildman–Crippen MR) is 197 cm³/mol. The van der Waals surface area contributed by atoms with Crippen LogP contribution >= 0.6 is 0 Å². The third-order valence-electron chi connectivity index (χ3n) is 16.8. The normalized spacial score (nSPS) is 48.6. The number of aliphatic hydroxyl groups excluding tert-OH is 2. The van der Waals surface area contributed by atoms with Gasteiger partial charge in [-0.2, -0.15) is 0 Å². The Kier molecular flexibility index (Phi) is 9.16. The summed E-state index contributed by atoms with van der Waals surface area (Å²) >= 11 is 0. The van der Waals surface area contributed by atoms with Crippen molar-refractivity contribution in [2.24, 2.45) is 69.0 Å². The average Bonchev–Trinajstić information content (AvgIpc) is 3.46. The molecule has 0 heterocycles. The quantitative estimate of drug-likeness (QED) is 0.328. The first kappa shape index (κ1) is 39.1. The molecule has 0 aromatic heterocycles. The number of carbonyl (C=O) groups is 6. The second-order valence-corrected chi connectivity index (χ2v) is 19.0. The van der Waals surface area contributed by atoms with Crippen LogP contribution in [0.3, 0.4) is 0 Å². The van der Waals surface area contributed by atoms with Gasteiger partial charge in [0.15, 0.2) is 23.1 Å². The SMILES string of the molecule is C[C@@H]1C[C@@H]2[C@H]3CCC4=CC(=O)C=C[C@@]4(C)[C@@H]3C(=O)C[C@@]2(C)[C@]1(O)C(=O)CO.C[C@@H]1C[C@@H]2[C@H]3CCC4=CC(=O)C=C[C@@]4(C)[C@@H]3C(=O)C[C@@]2(C)[C@]1(O)C(=O)CO. The van der Waals surface area contributed by atoms with E-state index in [0.29, 0.717) is 12.8 Å². The van der Waals surface area contributed by atoms with Gasteiger partial charge >= 0.3 is 0 Å². The molecule has 14 atom stereocenters. The van der Waals surface area contributed by atoms with Gasteiger partial charge in [0.1, 0.15) is 36.0 Å². The highest BCUT2D eigenvalue weighted by Gasteiger charge is 2.72. The molecule has 292 valence electrons.